The summed E-state index contributed by atoms with van der Waals surface area (Å²) in [7, 11) is -2.95. The SMILES string of the molecule is Cn1nc(C(F)(F)C(F)(F)F)c(C(F)(F)F)c1-n1cc(-c2ccc(F)c(CNS(C)(=O)=O)c2)cn1. The van der Waals surface area contributed by atoms with E-state index in [1.165, 1.54) is 6.07 Å². The monoisotopic (exact) mass is 535 g/mol. The molecule has 0 radical (unpaired) electrons. The van der Waals surface area contributed by atoms with Gasteiger partial charge in [-0.25, -0.2) is 26.9 Å². The molecule has 1 N–H and O–H groups in total. The Hall–Kier alpha value is -3.08. The van der Waals surface area contributed by atoms with E-state index < -0.39 is 57.7 Å². The number of alkyl halides is 8. The van der Waals surface area contributed by atoms with Crippen LogP contribution in [0.5, 0.6) is 0 Å². The zero-order valence-corrected chi connectivity index (χ0v) is 18.3. The predicted octanol–water partition coefficient (Wildman–Crippen LogP) is 4.13. The first-order chi connectivity index (χ1) is 15.8. The van der Waals surface area contributed by atoms with Gasteiger partial charge in [0.05, 0.1) is 12.5 Å². The van der Waals surface area contributed by atoms with E-state index in [-0.39, 0.29) is 21.4 Å². The van der Waals surface area contributed by atoms with E-state index >= 15 is 0 Å². The number of benzene rings is 1. The van der Waals surface area contributed by atoms with Crippen molar-refractivity contribution in [1.29, 1.82) is 0 Å². The highest BCUT2D eigenvalue weighted by atomic mass is 32.2. The predicted molar refractivity (Wildman–Crippen MR) is 102 cm³/mol. The quantitative estimate of drug-likeness (QED) is 0.482. The summed E-state index contributed by atoms with van der Waals surface area (Å²) in [5.41, 5.74) is -4.86. The first-order valence-corrected chi connectivity index (χ1v) is 11.1. The maximum atomic E-state index is 14.0. The van der Waals surface area contributed by atoms with Gasteiger partial charge in [-0.15, -0.1) is 0 Å². The summed E-state index contributed by atoms with van der Waals surface area (Å²) in [6, 6.07) is 3.28. The molecule has 192 valence electrons. The number of nitrogens with one attached hydrogen (secondary N) is 1. The van der Waals surface area contributed by atoms with Crippen LogP contribution in [0.1, 0.15) is 16.8 Å². The highest BCUT2D eigenvalue weighted by Gasteiger charge is 2.64. The molecule has 0 amide bonds. The Bertz CT molecular complexity index is 1360. The van der Waals surface area contributed by atoms with E-state index in [2.05, 4.69) is 14.9 Å². The van der Waals surface area contributed by atoms with Crippen molar-refractivity contribution in [3.63, 3.8) is 0 Å². The molecule has 1 aromatic carbocycles. The smallest absolute Gasteiger partial charge is 0.250 e. The number of halogens is 9. The van der Waals surface area contributed by atoms with E-state index in [9.17, 15) is 47.9 Å². The number of hydrogen-bond donors (Lipinski definition) is 1. The molecule has 3 aromatic rings. The van der Waals surface area contributed by atoms with Gasteiger partial charge in [0, 0.05) is 30.9 Å². The highest BCUT2D eigenvalue weighted by Crippen LogP contribution is 2.49. The Morgan fingerprint density at radius 2 is 1.66 bits per heavy atom. The van der Waals surface area contributed by atoms with Crippen molar-refractivity contribution in [1.82, 2.24) is 24.3 Å². The zero-order chi connectivity index (χ0) is 26.6. The molecule has 0 saturated heterocycles. The minimum absolute atomic E-state index is 0.0176. The lowest BCUT2D eigenvalue weighted by Crippen LogP contribution is -2.36. The van der Waals surface area contributed by atoms with Crippen LogP contribution in [0.3, 0.4) is 0 Å². The van der Waals surface area contributed by atoms with Crippen molar-refractivity contribution < 1.29 is 47.9 Å². The zero-order valence-electron chi connectivity index (χ0n) is 17.5. The van der Waals surface area contributed by atoms with Crippen molar-refractivity contribution in [3.8, 4) is 16.9 Å². The fourth-order valence-electron chi connectivity index (χ4n) is 3.08. The normalized spacial score (nSPS) is 13.5. The molecule has 0 aliphatic rings. The number of aryl methyl sites for hydroxylation is 1. The summed E-state index contributed by atoms with van der Waals surface area (Å²) in [6.45, 7) is -0.456. The molecule has 0 spiro atoms. The van der Waals surface area contributed by atoms with E-state index in [1.807, 2.05) is 0 Å². The van der Waals surface area contributed by atoms with Gasteiger partial charge in [0.15, 0.2) is 11.5 Å². The molecular weight excluding hydrogens is 521 g/mol. The summed E-state index contributed by atoms with van der Waals surface area (Å²) in [5, 5.41) is 6.41. The standard InChI is InChI=1S/C18H14F9N5O2S/c1-31-15(13(17(22,23)24)14(30-31)16(20,21)18(25,26)27)32-8-11(6-28-32)9-3-4-12(19)10(5-9)7-29-35(2,33)34/h3-6,8,29H,7H2,1-2H3. The lowest BCUT2D eigenvalue weighted by Gasteiger charge is -2.19. The van der Waals surface area contributed by atoms with Gasteiger partial charge in [0.2, 0.25) is 10.0 Å². The van der Waals surface area contributed by atoms with Gasteiger partial charge < -0.3 is 0 Å². The molecular formula is C18H14F9N5O2S. The molecule has 0 unspecified atom stereocenters. The van der Waals surface area contributed by atoms with Gasteiger partial charge in [-0.3, -0.25) is 0 Å². The maximum absolute atomic E-state index is 14.0. The van der Waals surface area contributed by atoms with Gasteiger partial charge in [-0.1, -0.05) is 6.07 Å². The topological polar surface area (TPSA) is 81.8 Å². The van der Waals surface area contributed by atoms with Crippen LogP contribution < -0.4 is 4.72 Å². The molecule has 0 aliphatic heterocycles. The second-order valence-corrected chi connectivity index (χ2v) is 9.15. The molecule has 0 atom stereocenters. The van der Waals surface area contributed by atoms with E-state index in [0.29, 0.717) is 4.68 Å². The molecule has 0 aliphatic carbocycles. The van der Waals surface area contributed by atoms with Gasteiger partial charge in [-0.2, -0.15) is 45.3 Å². The first-order valence-electron chi connectivity index (χ1n) is 9.20. The van der Waals surface area contributed by atoms with Crippen LogP contribution in [0, 0.1) is 5.82 Å². The molecule has 3 rings (SSSR count). The average Bonchev–Trinajstić information content (AvgIpc) is 3.30. The fraction of sp³-hybridized carbons (Fsp3) is 0.333. The van der Waals surface area contributed by atoms with E-state index in [4.69, 9.17) is 0 Å². The Labute approximate surface area is 191 Å². The minimum atomic E-state index is -6.35. The average molecular weight is 535 g/mol. The first kappa shape index (κ1) is 26.5. The van der Waals surface area contributed by atoms with Crippen LogP contribution >= 0.6 is 0 Å². The number of rotatable bonds is 6. The molecule has 7 nitrogen and oxygen atoms in total. The van der Waals surface area contributed by atoms with Crippen LogP contribution in [-0.2, 0) is 35.7 Å². The largest absolute Gasteiger partial charge is 0.459 e. The summed E-state index contributed by atoms with van der Waals surface area (Å²) in [4.78, 5) is 0. The Morgan fingerprint density at radius 1 is 1.03 bits per heavy atom. The van der Waals surface area contributed by atoms with Gasteiger partial charge in [-0.05, 0) is 17.7 Å². The molecule has 35 heavy (non-hydrogen) atoms. The Balaban J connectivity index is 2.11. The molecule has 0 fully saturated rings. The molecule has 17 heteroatoms. The van der Waals surface area contributed by atoms with Crippen molar-refractivity contribution in [2.24, 2.45) is 7.05 Å². The van der Waals surface area contributed by atoms with Gasteiger partial charge >= 0.3 is 18.3 Å². The van der Waals surface area contributed by atoms with E-state index in [1.54, 1.807) is 0 Å². The lowest BCUT2D eigenvalue weighted by atomic mass is 10.1. The molecule has 0 saturated carbocycles. The molecule has 0 bridgehead atoms. The van der Waals surface area contributed by atoms with Crippen LogP contribution in [0.15, 0.2) is 30.6 Å². The highest BCUT2D eigenvalue weighted by molar-refractivity contribution is 7.88. The second-order valence-electron chi connectivity index (χ2n) is 7.31. The number of hydrogen-bond acceptors (Lipinski definition) is 4. The number of sulfonamides is 1. The van der Waals surface area contributed by atoms with Crippen LogP contribution in [0.25, 0.3) is 16.9 Å². The third-order valence-corrected chi connectivity index (χ3v) is 5.33. The van der Waals surface area contributed by atoms with Crippen molar-refractivity contribution in [2.45, 2.75) is 24.8 Å². The summed E-state index contributed by atoms with van der Waals surface area (Å²) >= 11 is 0. The summed E-state index contributed by atoms with van der Waals surface area (Å²) in [5.74, 6) is -7.94. The van der Waals surface area contributed by atoms with Crippen molar-refractivity contribution in [2.75, 3.05) is 6.26 Å². The van der Waals surface area contributed by atoms with Gasteiger partial charge in [0.1, 0.15) is 11.4 Å². The lowest BCUT2D eigenvalue weighted by molar-refractivity contribution is -0.292. The van der Waals surface area contributed by atoms with Crippen LogP contribution in [0.2, 0.25) is 0 Å². The van der Waals surface area contributed by atoms with E-state index in [0.717, 1.165) is 37.8 Å². The molecule has 2 aromatic heterocycles. The number of nitrogens with zero attached hydrogens (tertiary/aromatic N) is 4. The Kier molecular flexibility index (Phi) is 6.47. The second kappa shape index (κ2) is 8.54. The molecule has 2 heterocycles. The number of aromatic nitrogens is 4. The maximum Gasteiger partial charge on any atom is 0.459 e. The fourth-order valence-corrected chi connectivity index (χ4v) is 3.50. The third kappa shape index (κ3) is 5.29. The third-order valence-electron chi connectivity index (χ3n) is 4.66. The van der Waals surface area contributed by atoms with Gasteiger partial charge in [0.25, 0.3) is 0 Å². The van der Waals surface area contributed by atoms with Crippen LogP contribution in [0.4, 0.5) is 39.5 Å². The Morgan fingerprint density at radius 3 is 2.20 bits per heavy atom. The summed E-state index contributed by atoms with van der Waals surface area (Å²) in [6.07, 6.45) is -9.35. The van der Waals surface area contributed by atoms with Crippen molar-refractivity contribution in [3.05, 3.63) is 53.2 Å². The summed E-state index contributed by atoms with van der Waals surface area (Å²) < 4.78 is 146. The van der Waals surface area contributed by atoms with Crippen molar-refractivity contribution >= 4 is 10.0 Å². The van der Waals surface area contributed by atoms with Crippen LogP contribution in [-0.4, -0.2) is 40.4 Å². The minimum Gasteiger partial charge on any atom is -0.250 e.